The van der Waals surface area contributed by atoms with Gasteiger partial charge in [-0.2, -0.15) is 0 Å². The Morgan fingerprint density at radius 3 is 2.14 bits per heavy atom. The summed E-state index contributed by atoms with van der Waals surface area (Å²) >= 11 is 5.74. The van der Waals surface area contributed by atoms with Gasteiger partial charge in [0.15, 0.2) is 0 Å². The number of aryl methyl sites for hydroxylation is 3. The summed E-state index contributed by atoms with van der Waals surface area (Å²) in [7, 11) is 0. The Morgan fingerprint density at radius 2 is 1.71 bits per heavy atom. The van der Waals surface area contributed by atoms with E-state index in [1.54, 1.807) is 0 Å². The molecule has 0 nitrogen and oxygen atoms in total. The van der Waals surface area contributed by atoms with Crippen molar-refractivity contribution in [2.45, 2.75) is 27.2 Å². The van der Waals surface area contributed by atoms with Gasteiger partial charge in [-0.1, -0.05) is 29.8 Å². The second-order valence-corrected chi connectivity index (χ2v) is 4.20. The Kier molecular flexibility index (Phi) is 3.77. The third-order valence-electron chi connectivity index (χ3n) is 2.46. The number of rotatable bonds is 3. The fourth-order valence-corrected chi connectivity index (χ4v) is 1.88. The number of hydrogen-bond acceptors (Lipinski definition) is 0. The highest BCUT2D eigenvalue weighted by molar-refractivity contribution is 6.19. The second-order valence-electron chi connectivity index (χ2n) is 3.94. The quantitative estimate of drug-likeness (QED) is 0.521. The van der Waals surface area contributed by atoms with Crippen LogP contribution in [-0.2, 0) is 6.42 Å². The van der Waals surface area contributed by atoms with E-state index in [0.717, 1.165) is 12.0 Å². The predicted octanol–water partition coefficient (Wildman–Crippen LogP) is 3.95. The van der Waals surface area contributed by atoms with Crippen LogP contribution in [0.15, 0.2) is 24.3 Å². The Hall–Kier alpha value is -0.750. The summed E-state index contributed by atoms with van der Waals surface area (Å²) in [5.41, 5.74) is 6.46. The molecule has 0 fully saturated rings. The molecular formula is C13H17Cl. The number of halogens is 1. The molecule has 0 spiro atoms. The number of hydrogen-bond donors (Lipinski definition) is 0. The lowest BCUT2D eigenvalue weighted by Crippen LogP contribution is -1.98. The minimum atomic E-state index is 0.548. The summed E-state index contributed by atoms with van der Waals surface area (Å²) in [5.74, 6) is 0.548. The van der Waals surface area contributed by atoms with Crippen LogP contribution in [-0.4, -0.2) is 5.88 Å². The molecule has 1 aromatic carbocycles. The van der Waals surface area contributed by atoms with Crippen molar-refractivity contribution in [3.63, 3.8) is 0 Å². The first-order valence-corrected chi connectivity index (χ1v) is 5.37. The van der Waals surface area contributed by atoms with E-state index in [0.29, 0.717) is 5.88 Å². The molecule has 0 aromatic heterocycles. The van der Waals surface area contributed by atoms with E-state index in [1.165, 1.54) is 22.3 Å². The molecular weight excluding hydrogens is 192 g/mol. The molecule has 0 aliphatic carbocycles. The maximum atomic E-state index is 5.74. The molecule has 76 valence electrons. The molecule has 0 radical (unpaired) electrons. The third kappa shape index (κ3) is 2.62. The molecule has 14 heavy (non-hydrogen) atoms. The predicted molar refractivity (Wildman–Crippen MR) is 64.2 cm³/mol. The van der Waals surface area contributed by atoms with E-state index in [-0.39, 0.29) is 0 Å². The first kappa shape index (κ1) is 11.3. The molecule has 0 unspecified atom stereocenters. The Bertz CT molecular complexity index is 327. The smallest absolute Gasteiger partial charge is 0.0434 e. The van der Waals surface area contributed by atoms with E-state index in [9.17, 15) is 0 Å². The molecule has 0 aliphatic rings. The molecule has 1 heteroatoms. The van der Waals surface area contributed by atoms with Gasteiger partial charge in [-0.25, -0.2) is 0 Å². The highest BCUT2D eigenvalue weighted by Gasteiger charge is 2.04. The van der Waals surface area contributed by atoms with Crippen LogP contribution >= 0.6 is 11.6 Å². The van der Waals surface area contributed by atoms with Crippen LogP contribution < -0.4 is 0 Å². The summed E-state index contributed by atoms with van der Waals surface area (Å²) in [5, 5.41) is 0. The fourth-order valence-electron chi connectivity index (χ4n) is 1.79. The van der Waals surface area contributed by atoms with Crippen LogP contribution in [0.4, 0.5) is 0 Å². The highest BCUT2D eigenvalue weighted by atomic mass is 35.5. The fraction of sp³-hybridized carbons (Fsp3) is 0.385. The molecule has 0 aliphatic heterocycles. The van der Waals surface area contributed by atoms with Crippen molar-refractivity contribution in [2.24, 2.45) is 0 Å². The zero-order valence-corrected chi connectivity index (χ0v) is 9.91. The first-order chi connectivity index (χ1) is 6.54. The molecule has 0 amide bonds. The van der Waals surface area contributed by atoms with Gasteiger partial charge in [0, 0.05) is 5.88 Å². The van der Waals surface area contributed by atoms with E-state index < -0.39 is 0 Å². The van der Waals surface area contributed by atoms with Crippen LogP contribution in [0.25, 0.3) is 0 Å². The zero-order valence-electron chi connectivity index (χ0n) is 9.15. The minimum Gasteiger partial charge on any atom is -0.122 e. The number of allylic oxidation sites excluding steroid dienone is 1. The Labute approximate surface area is 91.6 Å². The van der Waals surface area contributed by atoms with Gasteiger partial charge in [0.05, 0.1) is 0 Å². The summed E-state index contributed by atoms with van der Waals surface area (Å²) in [6, 6.07) is 4.42. The summed E-state index contributed by atoms with van der Waals surface area (Å²) in [6.07, 6.45) is 0.904. The lowest BCUT2D eigenvalue weighted by atomic mass is 9.95. The molecule has 0 heterocycles. The van der Waals surface area contributed by atoms with E-state index in [2.05, 4.69) is 39.5 Å². The van der Waals surface area contributed by atoms with Crippen LogP contribution in [0.3, 0.4) is 0 Å². The average molecular weight is 209 g/mol. The lowest BCUT2D eigenvalue weighted by molar-refractivity contribution is 1.09. The van der Waals surface area contributed by atoms with Crippen molar-refractivity contribution in [3.8, 4) is 0 Å². The SMILES string of the molecule is C=C(CCl)Cc1c(C)cc(C)cc1C. The Morgan fingerprint density at radius 1 is 1.21 bits per heavy atom. The number of alkyl halides is 1. The van der Waals surface area contributed by atoms with Gasteiger partial charge >= 0.3 is 0 Å². The van der Waals surface area contributed by atoms with Gasteiger partial charge in [0.2, 0.25) is 0 Å². The van der Waals surface area contributed by atoms with Crippen molar-refractivity contribution in [3.05, 3.63) is 46.5 Å². The lowest BCUT2D eigenvalue weighted by Gasteiger charge is -2.11. The minimum absolute atomic E-state index is 0.548. The standard InChI is InChI=1S/C13H17Cl/c1-9-5-11(3)13(12(4)6-9)7-10(2)8-14/h5-6H,2,7-8H2,1,3-4H3. The normalized spacial score (nSPS) is 10.3. The zero-order chi connectivity index (χ0) is 10.7. The molecule has 0 saturated carbocycles. The van der Waals surface area contributed by atoms with E-state index in [1.807, 2.05) is 0 Å². The summed E-state index contributed by atoms with van der Waals surface area (Å²) in [6.45, 7) is 10.4. The van der Waals surface area contributed by atoms with Gasteiger partial charge in [-0.15, -0.1) is 11.6 Å². The molecule has 0 N–H and O–H groups in total. The van der Waals surface area contributed by atoms with Crippen molar-refractivity contribution < 1.29 is 0 Å². The van der Waals surface area contributed by atoms with Crippen LogP contribution in [0.5, 0.6) is 0 Å². The summed E-state index contributed by atoms with van der Waals surface area (Å²) in [4.78, 5) is 0. The van der Waals surface area contributed by atoms with Gasteiger partial charge < -0.3 is 0 Å². The van der Waals surface area contributed by atoms with E-state index >= 15 is 0 Å². The van der Waals surface area contributed by atoms with Gasteiger partial charge in [0.25, 0.3) is 0 Å². The third-order valence-corrected chi connectivity index (χ3v) is 2.83. The topological polar surface area (TPSA) is 0 Å². The van der Waals surface area contributed by atoms with Crippen molar-refractivity contribution in [2.75, 3.05) is 5.88 Å². The van der Waals surface area contributed by atoms with E-state index in [4.69, 9.17) is 11.6 Å². The maximum absolute atomic E-state index is 5.74. The van der Waals surface area contributed by atoms with Gasteiger partial charge in [-0.05, 0) is 43.9 Å². The van der Waals surface area contributed by atoms with Crippen LogP contribution in [0.1, 0.15) is 22.3 Å². The summed E-state index contributed by atoms with van der Waals surface area (Å²) < 4.78 is 0. The maximum Gasteiger partial charge on any atom is 0.0434 e. The second kappa shape index (κ2) is 4.65. The van der Waals surface area contributed by atoms with Crippen molar-refractivity contribution in [1.29, 1.82) is 0 Å². The monoisotopic (exact) mass is 208 g/mol. The largest absolute Gasteiger partial charge is 0.122 e. The number of benzene rings is 1. The molecule has 1 aromatic rings. The Balaban J connectivity index is 3.02. The first-order valence-electron chi connectivity index (χ1n) is 4.84. The molecule has 0 atom stereocenters. The average Bonchev–Trinajstić information content (AvgIpc) is 2.10. The molecule has 0 saturated heterocycles. The molecule has 1 rings (SSSR count). The van der Waals surface area contributed by atoms with Gasteiger partial charge in [0.1, 0.15) is 0 Å². The molecule has 0 bridgehead atoms. The van der Waals surface area contributed by atoms with Gasteiger partial charge in [-0.3, -0.25) is 0 Å². The highest BCUT2D eigenvalue weighted by Crippen LogP contribution is 2.19. The van der Waals surface area contributed by atoms with Crippen molar-refractivity contribution >= 4 is 11.6 Å². The van der Waals surface area contributed by atoms with Crippen LogP contribution in [0, 0.1) is 20.8 Å². The van der Waals surface area contributed by atoms with Crippen molar-refractivity contribution in [1.82, 2.24) is 0 Å². The van der Waals surface area contributed by atoms with Crippen LogP contribution in [0.2, 0.25) is 0 Å².